The van der Waals surface area contributed by atoms with Crippen molar-refractivity contribution in [3.8, 4) is 0 Å². The van der Waals surface area contributed by atoms with Gasteiger partial charge in [0.15, 0.2) is 9.84 Å². The Morgan fingerprint density at radius 1 is 1.20 bits per heavy atom. The smallest absolute Gasteiger partial charge is 0.322 e. The quantitative estimate of drug-likeness (QED) is 0.707. The number of nitrogens with one attached hydrogen (secondary N) is 1. The molecule has 1 N–H and O–H groups in total. The average molecular weight is 377 g/mol. The molecule has 3 rings (SSSR count). The largest absolute Gasteiger partial charge is 0.407 e. The Labute approximate surface area is 148 Å². The fourth-order valence-corrected chi connectivity index (χ4v) is 3.47. The fourth-order valence-electron chi connectivity index (χ4n) is 2.14. The molecule has 0 bridgehead atoms. The van der Waals surface area contributed by atoms with Crippen molar-refractivity contribution in [2.45, 2.75) is 17.7 Å². The lowest BCUT2D eigenvalue weighted by Gasteiger charge is -2.00. The second kappa shape index (κ2) is 7.16. The van der Waals surface area contributed by atoms with Gasteiger partial charge >= 0.3 is 6.01 Å². The van der Waals surface area contributed by atoms with E-state index in [1.165, 1.54) is 23.5 Å². The summed E-state index contributed by atoms with van der Waals surface area (Å²) in [5.74, 6) is 0.105. The molecule has 0 aliphatic heterocycles. The summed E-state index contributed by atoms with van der Waals surface area (Å²) in [6.45, 7) is 0. The lowest BCUT2D eigenvalue weighted by atomic mass is 10.1. The van der Waals surface area contributed by atoms with Crippen LogP contribution in [0.3, 0.4) is 0 Å². The van der Waals surface area contributed by atoms with Crippen LogP contribution in [0.15, 0.2) is 51.1 Å². The predicted octanol–water partition coefficient (Wildman–Crippen LogP) is 2.31. The summed E-state index contributed by atoms with van der Waals surface area (Å²) >= 11 is 1.50. The standard InChI is InChI=1S/C16H15N3O4S2/c1-25(21,22)13-6-4-11(5-7-13)9-15-18-19-16(23-15)17-14(20)10-12-3-2-8-24-12/h2-8H,9-10H2,1H3,(H,17,19,20). The van der Waals surface area contributed by atoms with E-state index in [1.54, 1.807) is 12.1 Å². The number of benzene rings is 1. The van der Waals surface area contributed by atoms with E-state index >= 15 is 0 Å². The van der Waals surface area contributed by atoms with Crippen molar-refractivity contribution in [2.75, 3.05) is 11.6 Å². The summed E-state index contributed by atoms with van der Waals surface area (Å²) in [5.41, 5.74) is 0.826. The zero-order valence-corrected chi connectivity index (χ0v) is 14.9. The van der Waals surface area contributed by atoms with Gasteiger partial charge < -0.3 is 4.42 Å². The number of carbonyl (C=O) groups excluding carboxylic acids is 1. The number of hydrogen-bond donors (Lipinski definition) is 1. The Bertz CT molecular complexity index is 961. The molecule has 2 aromatic heterocycles. The molecule has 1 aromatic carbocycles. The molecule has 3 aromatic rings. The Morgan fingerprint density at radius 3 is 2.60 bits per heavy atom. The lowest BCUT2D eigenvalue weighted by molar-refractivity contribution is -0.115. The number of hydrogen-bond acceptors (Lipinski definition) is 7. The molecular formula is C16H15N3O4S2. The van der Waals surface area contributed by atoms with Gasteiger partial charge in [-0.25, -0.2) is 8.42 Å². The summed E-state index contributed by atoms with van der Waals surface area (Å²) in [5, 5.41) is 12.2. The van der Waals surface area contributed by atoms with Crippen molar-refractivity contribution in [3.63, 3.8) is 0 Å². The Hall–Kier alpha value is -2.52. The zero-order chi connectivity index (χ0) is 17.9. The van der Waals surface area contributed by atoms with Crippen molar-refractivity contribution in [1.82, 2.24) is 10.2 Å². The number of carbonyl (C=O) groups is 1. The highest BCUT2D eigenvalue weighted by Gasteiger charge is 2.12. The molecule has 9 heteroatoms. The molecule has 0 atom stereocenters. The van der Waals surface area contributed by atoms with Crippen LogP contribution in [-0.2, 0) is 27.5 Å². The maximum atomic E-state index is 11.9. The van der Waals surface area contributed by atoms with Crippen LogP contribution in [0, 0.1) is 0 Å². The number of anilines is 1. The van der Waals surface area contributed by atoms with Crippen molar-refractivity contribution in [1.29, 1.82) is 0 Å². The molecule has 2 heterocycles. The normalized spacial score (nSPS) is 11.4. The predicted molar refractivity (Wildman–Crippen MR) is 93.3 cm³/mol. The van der Waals surface area contributed by atoms with Crippen LogP contribution in [-0.4, -0.2) is 30.8 Å². The first-order chi connectivity index (χ1) is 11.9. The third-order valence-corrected chi connectivity index (χ3v) is 5.34. The van der Waals surface area contributed by atoms with E-state index in [-0.39, 0.29) is 23.2 Å². The molecule has 0 saturated carbocycles. The molecule has 0 saturated heterocycles. The number of nitrogens with zero attached hydrogens (tertiary/aromatic N) is 2. The Balaban J connectivity index is 1.60. The first kappa shape index (κ1) is 17.3. The molecule has 130 valence electrons. The van der Waals surface area contributed by atoms with Crippen LogP contribution >= 0.6 is 11.3 Å². The van der Waals surface area contributed by atoms with Gasteiger partial charge in [0.2, 0.25) is 11.8 Å². The van der Waals surface area contributed by atoms with Gasteiger partial charge in [0.1, 0.15) is 0 Å². The van der Waals surface area contributed by atoms with E-state index in [4.69, 9.17) is 4.42 Å². The molecule has 0 aliphatic carbocycles. The zero-order valence-electron chi connectivity index (χ0n) is 13.3. The number of aromatic nitrogens is 2. The minimum Gasteiger partial charge on any atom is -0.407 e. The summed E-state index contributed by atoms with van der Waals surface area (Å²) in [6, 6.07) is 10.3. The van der Waals surface area contributed by atoms with Gasteiger partial charge in [-0.05, 0) is 29.1 Å². The van der Waals surface area contributed by atoms with Gasteiger partial charge in [-0.3, -0.25) is 10.1 Å². The summed E-state index contributed by atoms with van der Waals surface area (Å²) in [4.78, 5) is 13.1. The van der Waals surface area contributed by atoms with E-state index in [0.717, 1.165) is 16.7 Å². The second-order valence-corrected chi connectivity index (χ2v) is 8.45. The highest BCUT2D eigenvalue weighted by molar-refractivity contribution is 7.90. The van der Waals surface area contributed by atoms with Crippen molar-refractivity contribution >= 4 is 33.1 Å². The van der Waals surface area contributed by atoms with Gasteiger partial charge in [-0.2, -0.15) is 0 Å². The minimum absolute atomic E-state index is 0.0457. The van der Waals surface area contributed by atoms with Crippen LogP contribution in [0.2, 0.25) is 0 Å². The first-order valence-electron chi connectivity index (χ1n) is 7.34. The first-order valence-corrected chi connectivity index (χ1v) is 10.1. The molecule has 0 fully saturated rings. The van der Waals surface area contributed by atoms with E-state index in [0.29, 0.717) is 12.3 Å². The molecule has 7 nitrogen and oxygen atoms in total. The number of thiophene rings is 1. The summed E-state index contributed by atoms with van der Waals surface area (Å²) in [7, 11) is -3.22. The SMILES string of the molecule is CS(=O)(=O)c1ccc(Cc2nnc(NC(=O)Cc3cccs3)o2)cc1. The molecule has 1 amide bonds. The maximum Gasteiger partial charge on any atom is 0.322 e. The molecule has 0 unspecified atom stereocenters. The van der Waals surface area contributed by atoms with Gasteiger partial charge in [0.05, 0.1) is 17.7 Å². The Morgan fingerprint density at radius 2 is 1.96 bits per heavy atom. The second-order valence-electron chi connectivity index (χ2n) is 5.40. The fraction of sp³-hybridized carbons (Fsp3) is 0.188. The average Bonchev–Trinajstić information content (AvgIpc) is 3.19. The highest BCUT2D eigenvalue weighted by Crippen LogP contribution is 2.15. The van der Waals surface area contributed by atoms with Gasteiger partial charge in [-0.1, -0.05) is 23.3 Å². The molecule has 25 heavy (non-hydrogen) atoms. The maximum absolute atomic E-state index is 11.9. The van der Waals surface area contributed by atoms with E-state index in [2.05, 4.69) is 15.5 Å². The van der Waals surface area contributed by atoms with E-state index < -0.39 is 9.84 Å². The lowest BCUT2D eigenvalue weighted by Crippen LogP contribution is -2.13. The van der Waals surface area contributed by atoms with E-state index in [9.17, 15) is 13.2 Å². The Kier molecular flexibility index (Phi) is 4.95. The van der Waals surface area contributed by atoms with Crippen LogP contribution in [0.4, 0.5) is 6.01 Å². The molecule has 0 radical (unpaired) electrons. The van der Waals surface area contributed by atoms with Crippen LogP contribution in [0.5, 0.6) is 0 Å². The van der Waals surface area contributed by atoms with Crippen molar-refractivity contribution < 1.29 is 17.6 Å². The highest BCUT2D eigenvalue weighted by atomic mass is 32.2. The van der Waals surface area contributed by atoms with Crippen molar-refractivity contribution in [2.24, 2.45) is 0 Å². The summed E-state index contributed by atoms with van der Waals surface area (Å²) < 4.78 is 28.3. The minimum atomic E-state index is -3.22. The van der Waals surface area contributed by atoms with Crippen molar-refractivity contribution in [3.05, 3.63) is 58.1 Å². The van der Waals surface area contributed by atoms with Crippen LogP contribution < -0.4 is 5.32 Å². The van der Waals surface area contributed by atoms with Crippen LogP contribution in [0.1, 0.15) is 16.3 Å². The number of sulfone groups is 1. The number of rotatable bonds is 6. The van der Waals surface area contributed by atoms with E-state index in [1.807, 2.05) is 17.5 Å². The van der Waals surface area contributed by atoms with Gasteiger partial charge in [0.25, 0.3) is 0 Å². The molecule has 0 spiro atoms. The van der Waals surface area contributed by atoms with Crippen LogP contribution in [0.25, 0.3) is 0 Å². The summed E-state index contributed by atoms with van der Waals surface area (Å²) in [6.07, 6.45) is 1.76. The topological polar surface area (TPSA) is 102 Å². The molecule has 0 aliphatic rings. The van der Waals surface area contributed by atoms with Gasteiger partial charge in [-0.15, -0.1) is 16.4 Å². The molecular weight excluding hydrogens is 362 g/mol. The number of amides is 1. The monoisotopic (exact) mass is 377 g/mol. The third-order valence-electron chi connectivity index (χ3n) is 3.33. The van der Waals surface area contributed by atoms with Gasteiger partial charge in [0, 0.05) is 11.1 Å². The third kappa shape index (κ3) is 4.74.